The van der Waals surface area contributed by atoms with Gasteiger partial charge in [-0.1, -0.05) is 26.8 Å². The highest BCUT2D eigenvalue weighted by molar-refractivity contribution is 5.78. The fraction of sp³-hybridized carbons (Fsp3) is 0.391. The van der Waals surface area contributed by atoms with Gasteiger partial charge in [0.05, 0.1) is 6.10 Å². The Labute approximate surface area is 181 Å². The van der Waals surface area contributed by atoms with Crippen molar-refractivity contribution in [3.8, 4) is 5.75 Å². The van der Waals surface area contributed by atoms with E-state index in [0.717, 1.165) is 11.4 Å². The van der Waals surface area contributed by atoms with Crippen molar-refractivity contribution in [1.29, 1.82) is 0 Å². The minimum Gasteiger partial charge on any atom is -0.491 e. The molecule has 0 amide bonds. The summed E-state index contributed by atoms with van der Waals surface area (Å²) >= 11 is 0. The van der Waals surface area contributed by atoms with Crippen LogP contribution in [0, 0.1) is 5.41 Å². The van der Waals surface area contributed by atoms with Gasteiger partial charge in [-0.25, -0.2) is 4.98 Å². The van der Waals surface area contributed by atoms with Crippen LogP contribution < -0.4 is 31.5 Å². The number of ether oxygens (including phenoxy) is 1. The first kappa shape index (κ1) is 22.3. The second-order valence-corrected chi connectivity index (χ2v) is 8.85. The molecule has 1 aromatic heterocycles. The molecule has 8 nitrogen and oxygen atoms in total. The molecule has 3 aromatic rings. The highest BCUT2D eigenvalue weighted by atomic mass is 16.5. The van der Waals surface area contributed by atoms with E-state index in [0.29, 0.717) is 17.5 Å². The molecule has 0 radical (unpaired) electrons. The van der Waals surface area contributed by atoms with E-state index in [1.54, 1.807) is 12.3 Å². The Bertz CT molecular complexity index is 1130. The second kappa shape index (κ2) is 8.75. The molecule has 0 spiro atoms. The summed E-state index contributed by atoms with van der Waals surface area (Å²) in [4.78, 5) is 32.8. The predicted molar refractivity (Wildman–Crippen MR) is 125 cm³/mol. The third-order valence-corrected chi connectivity index (χ3v) is 4.94. The van der Waals surface area contributed by atoms with Crippen molar-refractivity contribution in [3.63, 3.8) is 0 Å². The van der Waals surface area contributed by atoms with E-state index in [1.165, 1.54) is 0 Å². The van der Waals surface area contributed by atoms with Gasteiger partial charge in [-0.2, -0.15) is 4.98 Å². The number of hydrogen-bond acceptors (Lipinski definition) is 8. The van der Waals surface area contributed by atoms with Crippen molar-refractivity contribution in [2.45, 2.75) is 53.7 Å². The summed E-state index contributed by atoms with van der Waals surface area (Å²) in [7, 11) is 0. The van der Waals surface area contributed by atoms with E-state index in [4.69, 9.17) is 4.74 Å². The molecule has 31 heavy (non-hydrogen) atoms. The Morgan fingerprint density at radius 2 is 1.68 bits per heavy atom. The van der Waals surface area contributed by atoms with Gasteiger partial charge in [0.15, 0.2) is 0 Å². The van der Waals surface area contributed by atoms with E-state index < -0.39 is 10.9 Å². The van der Waals surface area contributed by atoms with Crippen molar-refractivity contribution >= 4 is 28.8 Å². The molecular weight excluding hydrogens is 394 g/mol. The number of benzene rings is 1. The van der Waals surface area contributed by atoms with Gasteiger partial charge in [-0.15, -0.1) is 0 Å². The first-order chi connectivity index (χ1) is 14.5. The topological polar surface area (TPSA) is 105 Å². The van der Waals surface area contributed by atoms with Crippen molar-refractivity contribution in [3.05, 3.63) is 57.0 Å². The Morgan fingerprint density at radius 1 is 0.968 bits per heavy atom. The van der Waals surface area contributed by atoms with E-state index in [9.17, 15) is 9.59 Å². The minimum absolute atomic E-state index is 0.000638. The molecule has 0 saturated heterocycles. The lowest BCUT2D eigenvalue weighted by Gasteiger charge is -2.30. The summed E-state index contributed by atoms with van der Waals surface area (Å²) in [6.45, 7) is 12.1. The molecule has 0 saturated carbocycles. The number of aromatic nitrogens is 2. The van der Waals surface area contributed by atoms with Crippen LogP contribution in [0.5, 0.6) is 5.75 Å². The van der Waals surface area contributed by atoms with E-state index >= 15 is 0 Å². The van der Waals surface area contributed by atoms with Crippen LogP contribution in [0.2, 0.25) is 0 Å². The molecule has 3 rings (SSSR count). The average Bonchev–Trinajstić information content (AvgIpc) is 2.69. The number of rotatable bonds is 8. The normalized spacial score (nSPS) is 12.6. The lowest BCUT2D eigenvalue weighted by atomic mass is 9.87. The SMILES string of the molecule is CC(C)Oc1cccc(Nc2nccc(Nc3c(N[C@H](C)C(C)(C)C)c(=O)c3=O)n2)c1. The van der Waals surface area contributed by atoms with Crippen LogP contribution in [-0.4, -0.2) is 22.1 Å². The zero-order chi connectivity index (χ0) is 22.8. The fourth-order valence-electron chi connectivity index (χ4n) is 2.75. The summed E-state index contributed by atoms with van der Waals surface area (Å²) in [6.07, 6.45) is 1.64. The molecule has 3 N–H and O–H groups in total. The molecule has 1 atom stereocenters. The Kier molecular flexibility index (Phi) is 6.29. The summed E-state index contributed by atoms with van der Waals surface area (Å²) in [5.41, 5.74) is 0.128. The van der Waals surface area contributed by atoms with Gasteiger partial charge < -0.3 is 20.7 Å². The molecule has 0 aliphatic carbocycles. The zero-order valence-corrected chi connectivity index (χ0v) is 18.7. The van der Waals surface area contributed by atoms with Gasteiger partial charge in [0.1, 0.15) is 22.9 Å². The maximum absolute atomic E-state index is 12.1. The zero-order valence-electron chi connectivity index (χ0n) is 18.7. The van der Waals surface area contributed by atoms with Crippen LogP contribution in [0.3, 0.4) is 0 Å². The Balaban J connectivity index is 1.76. The number of nitrogens with zero attached hydrogens (tertiary/aromatic N) is 2. The van der Waals surface area contributed by atoms with Crippen molar-refractivity contribution < 1.29 is 4.74 Å². The van der Waals surface area contributed by atoms with Crippen LogP contribution in [0.25, 0.3) is 0 Å². The van der Waals surface area contributed by atoms with Crippen molar-refractivity contribution in [2.24, 2.45) is 5.41 Å². The summed E-state index contributed by atoms with van der Waals surface area (Å²) in [6, 6.07) is 9.12. The summed E-state index contributed by atoms with van der Waals surface area (Å²) in [5.74, 6) is 1.50. The van der Waals surface area contributed by atoms with Gasteiger partial charge in [0.25, 0.3) is 10.9 Å². The van der Waals surface area contributed by atoms with Gasteiger partial charge in [0.2, 0.25) is 5.95 Å². The van der Waals surface area contributed by atoms with E-state index in [-0.39, 0.29) is 23.2 Å². The van der Waals surface area contributed by atoms with Crippen molar-refractivity contribution in [2.75, 3.05) is 16.0 Å². The second-order valence-electron chi connectivity index (χ2n) is 8.85. The molecule has 0 fully saturated rings. The third-order valence-electron chi connectivity index (χ3n) is 4.94. The number of anilines is 5. The molecule has 164 valence electrons. The fourth-order valence-corrected chi connectivity index (χ4v) is 2.75. The Hall–Kier alpha value is -3.42. The smallest absolute Gasteiger partial charge is 0.253 e. The average molecular weight is 424 g/mol. The van der Waals surface area contributed by atoms with Crippen LogP contribution >= 0.6 is 0 Å². The standard InChI is InChI=1S/C23H29N5O3/c1-13(2)31-16-9-7-8-15(12-16)26-22-24-11-10-17(28-22)27-19-18(20(29)21(19)30)25-14(3)23(4,5)6/h7-14,25H,1-6H3,(H2,24,26,27,28)/t14-/m1/s1. The highest BCUT2D eigenvalue weighted by Gasteiger charge is 2.27. The molecule has 8 heteroatoms. The van der Waals surface area contributed by atoms with E-state index in [2.05, 4.69) is 46.7 Å². The maximum atomic E-state index is 12.1. The molecule has 2 aromatic carbocycles. The third kappa shape index (κ3) is 5.39. The van der Waals surface area contributed by atoms with Crippen LogP contribution in [0.4, 0.5) is 28.8 Å². The molecule has 0 bridgehead atoms. The number of hydrogen-bond donors (Lipinski definition) is 3. The predicted octanol–water partition coefficient (Wildman–Crippen LogP) is 4.19. The molecule has 0 unspecified atom stereocenters. The van der Waals surface area contributed by atoms with Crippen LogP contribution in [0.1, 0.15) is 41.5 Å². The van der Waals surface area contributed by atoms with Crippen LogP contribution in [-0.2, 0) is 0 Å². The lowest BCUT2D eigenvalue weighted by molar-refractivity contribution is 0.242. The molecule has 1 heterocycles. The Morgan fingerprint density at radius 3 is 2.35 bits per heavy atom. The summed E-state index contributed by atoms with van der Waals surface area (Å²) < 4.78 is 5.70. The monoisotopic (exact) mass is 423 g/mol. The quantitative estimate of drug-likeness (QED) is 0.463. The lowest BCUT2D eigenvalue weighted by Crippen LogP contribution is -2.41. The van der Waals surface area contributed by atoms with Gasteiger partial charge in [-0.3, -0.25) is 9.59 Å². The van der Waals surface area contributed by atoms with Gasteiger partial charge in [-0.05, 0) is 44.4 Å². The first-order valence-electron chi connectivity index (χ1n) is 10.3. The number of nitrogens with one attached hydrogen (secondary N) is 3. The minimum atomic E-state index is -0.560. The molecule has 0 aliphatic heterocycles. The first-order valence-corrected chi connectivity index (χ1v) is 10.3. The summed E-state index contributed by atoms with van der Waals surface area (Å²) in [5, 5.41) is 9.24. The maximum Gasteiger partial charge on any atom is 0.253 e. The molecular formula is C23H29N5O3. The molecule has 0 aliphatic rings. The highest BCUT2D eigenvalue weighted by Crippen LogP contribution is 2.27. The van der Waals surface area contributed by atoms with Gasteiger partial charge in [0, 0.05) is 24.0 Å². The van der Waals surface area contributed by atoms with Crippen molar-refractivity contribution in [1.82, 2.24) is 9.97 Å². The van der Waals surface area contributed by atoms with E-state index in [1.807, 2.05) is 45.0 Å². The van der Waals surface area contributed by atoms with Crippen LogP contribution in [0.15, 0.2) is 46.1 Å². The largest absolute Gasteiger partial charge is 0.491 e. The van der Waals surface area contributed by atoms with Gasteiger partial charge >= 0.3 is 0 Å².